The van der Waals surface area contributed by atoms with E-state index in [9.17, 15) is 41.0 Å². The maximum Gasteiger partial charge on any atom is 0.350 e. The van der Waals surface area contributed by atoms with E-state index in [2.05, 4.69) is 15.2 Å². The average Bonchev–Trinajstić information content (AvgIpc) is 3.84. The number of hydrogen-bond donors (Lipinski definition) is 1. The van der Waals surface area contributed by atoms with E-state index in [1.165, 1.54) is 80.9 Å². The smallest absolute Gasteiger partial charge is 0.350 e. The Balaban J connectivity index is 1.23. The second-order valence-electron chi connectivity index (χ2n) is 11.2. The number of aromatic nitrogens is 8. The molecule has 0 spiro atoms. The number of ether oxygens (including phenoxy) is 1. The van der Waals surface area contributed by atoms with Crippen molar-refractivity contribution in [2.45, 2.75) is 37.5 Å². The minimum Gasteiger partial charge on any atom is -0.487 e. The Morgan fingerprint density at radius 2 is 1.42 bits per heavy atom. The van der Waals surface area contributed by atoms with Crippen LogP contribution < -0.4 is 16.1 Å². The fraction of sp³-hybridized carbons (Fsp3) is 0.219. The maximum absolute atomic E-state index is 15.0. The maximum atomic E-state index is 15.0. The normalized spacial score (nSPS) is 13.8. The lowest BCUT2D eigenvalue weighted by Gasteiger charge is -2.34. The van der Waals surface area contributed by atoms with Gasteiger partial charge in [0, 0.05) is 24.0 Å². The lowest BCUT2D eigenvalue weighted by atomic mass is 9.86. The van der Waals surface area contributed by atoms with Crippen LogP contribution in [0.25, 0.3) is 17.1 Å². The van der Waals surface area contributed by atoms with Crippen molar-refractivity contribution < 1.29 is 36.2 Å². The van der Waals surface area contributed by atoms with E-state index >= 15 is 0 Å². The van der Waals surface area contributed by atoms with Gasteiger partial charge in [0.1, 0.15) is 42.0 Å². The van der Waals surface area contributed by atoms with E-state index in [0.29, 0.717) is 23.1 Å². The van der Waals surface area contributed by atoms with Crippen LogP contribution >= 0.6 is 0 Å². The van der Waals surface area contributed by atoms with Crippen molar-refractivity contribution in [1.82, 2.24) is 38.2 Å². The molecule has 0 radical (unpaired) electrons. The van der Waals surface area contributed by atoms with E-state index in [-0.39, 0.29) is 17.9 Å². The van der Waals surface area contributed by atoms with Gasteiger partial charge in [0.2, 0.25) is 0 Å². The molecule has 0 fully saturated rings. The Morgan fingerprint density at radius 3 is 1.98 bits per heavy atom. The van der Waals surface area contributed by atoms with Gasteiger partial charge in [-0.1, -0.05) is 6.07 Å². The number of rotatable bonds is 12. The molecule has 3 aromatic heterocycles. The SMILES string of the molecule is C[C@@H](n1ncn(-c2ccc(-n3ccn(-c4ccc(OCC(F)(F)C(F)F)cc4)c3=O)cc2)c1=O)[C@](O)(Cn1cncn1)c1ccc(F)cc1F. The summed E-state index contributed by atoms with van der Waals surface area (Å²) in [5.74, 6) is -6.29. The summed E-state index contributed by atoms with van der Waals surface area (Å²) in [5.41, 5.74) is -2.53. The summed E-state index contributed by atoms with van der Waals surface area (Å²) in [5, 5.41) is 20.0. The zero-order valence-electron chi connectivity index (χ0n) is 25.8. The van der Waals surface area contributed by atoms with Crippen LogP contribution in [0.2, 0.25) is 0 Å². The number of benzene rings is 3. The van der Waals surface area contributed by atoms with Gasteiger partial charge in [-0.3, -0.25) is 9.13 Å². The van der Waals surface area contributed by atoms with Gasteiger partial charge >= 0.3 is 23.7 Å². The summed E-state index contributed by atoms with van der Waals surface area (Å²) in [7, 11) is 0. The number of halogens is 6. The van der Waals surface area contributed by atoms with Crippen LogP contribution in [0.5, 0.6) is 5.75 Å². The average molecular weight is 701 g/mol. The van der Waals surface area contributed by atoms with Crippen molar-refractivity contribution in [3.05, 3.63) is 136 Å². The zero-order chi connectivity index (χ0) is 35.8. The monoisotopic (exact) mass is 700 g/mol. The van der Waals surface area contributed by atoms with Gasteiger partial charge in [-0.2, -0.15) is 19.0 Å². The molecule has 12 nitrogen and oxygen atoms in total. The molecule has 0 aliphatic carbocycles. The van der Waals surface area contributed by atoms with Crippen LogP contribution in [-0.2, 0) is 12.1 Å². The van der Waals surface area contributed by atoms with E-state index in [1.54, 1.807) is 24.3 Å². The fourth-order valence-corrected chi connectivity index (χ4v) is 5.30. The molecule has 0 aliphatic heterocycles. The topological polar surface area (TPSA) is 127 Å². The quantitative estimate of drug-likeness (QED) is 0.189. The zero-order valence-corrected chi connectivity index (χ0v) is 25.8. The predicted molar refractivity (Wildman–Crippen MR) is 164 cm³/mol. The fourth-order valence-electron chi connectivity index (χ4n) is 5.30. The van der Waals surface area contributed by atoms with Gasteiger partial charge in [0.25, 0.3) is 0 Å². The third kappa shape index (κ3) is 6.43. The molecule has 6 rings (SSSR count). The molecule has 0 saturated carbocycles. The molecule has 0 amide bonds. The van der Waals surface area contributed by atoms with Crippen molar-refractivity contribution in [1.29, 1.82) is 0 Å². The summed E-state index contributed by atoms with van der Waals surface area (Å²) < 4.78 is 90.5. The highest BCUT2D eigenvalue weighted by molar-refractivity contribution is 5.43. The molecule has 260 valence electrons. The van der Waals surface area contributed by atoms with Crippen LogP contribution in [0.3, 0.4) is 0 Å². The Kier molecular flexibility index (Phi) is 8.96. The molecule has 18 heteroatoms. The van der Waals surface area contributed by atoms with Crippen molar-refractivity contribution in [2.75, 3.05) is 6.61 Å². The molecule has 50 heavy (non-hydrogen) atoms. The number of aliphatic hydroxyl groups is 1. The number of imidazole rings is 1. The van der Waals surface area contributed by atoms with Crippen LogP contribution in [-0.4, -0.2) is 62.3 Å². The largest absolute Gasteiger partial charge is 0.487 e. The number of nitrogens with zero attached hydrogens (tertiary/aromatic N) is 8. The summed E-state index contributed by atoms with van der Waals surface area (Å²) in [6, 6.07) is 13.0. The first-order chi connectivity index (χ1) is 23.8. The van der Waals surface area contributed by atoms with Crippen LogP contribution in [0.1, 0.15) is 18.5 Å². The lowest BCUT2D eigenvalue weighted by Crippen LogP contribution is -2.44. The second-order valence-corrected chi connectivity index (χ2v) is 11.2. The van der Waals surface area contributed by atoms with Crippen molar-refractivity contribution >= 4 is 0 Å². The van der Waals surface area contributed by atoms with E-state index in [4.69, 9.17) is 4.74 Å². The van der Waals surface area contributed by atoms with E-state index in [0.717, 1.165) is 16.8 Å². The van der Waals surface area contributed by atoms with Gasteiger partial charge < -0.3 is 9.84 Å². The van der Waals surface area contributed by atoms with Crippen LogP contribution in [0.4, 0.5) is 26.3 Å². The molecule has 0 unspecified atom stereocenters. The summed E-state index contributed by atoms with van der Waals surface area (Å²) in [4.78, 5) is 30.6. The van der Waals surface area contributed by atoms with Crippen LogP contribution in [0, 0.1) is 11.6 Å². The molecule has 2 atom stereocenters. The standard InChI is InChI=1S/C32H26F6N8O4/c1-20(31(49,15-42-18-39-17-40-42)26-11-2-21(33)14-27(26)34)46-30(48)45(19-41-46)24-5-3-22(4-6-24)43-12-13-44(29(43)47)23-7-9-25(10-8-23)50-16-32(37,38)28(35)36/h2-14,17-20,28,49H,15-16H2,1H3/t20-,31-/m1/s1. The first kappa shape index (κ1) is 34.0. The van der Waals surface area contributed by atoms with Gasteiger partial charge in [0.05, 0.1) is 29.6 Å². The first-order valence-corrected chi connectivity index (χ1v) is 14.7. The predicted octanol–water partition coefficient (Wildman–Crippen LogP) is 4.27. The third-order valence-corrected chi connectivity index (χ3v) is 8.07. The number of hydrogen-bond acceptors (Lipinski definition) is 7. The molecule has 0 bridgehead atoms. The highest BCUT2D eigenvalue weighted by Crippen LogP contribution is 2.36. The van der Waals surface area contributed by atoms with Gasteiger partial charge in [-0.15, -0.1) is 0 Å². The molecular weight excluding hydrogens is 674 g/mol. The Hall–Kier alpha value is -5.91. The third-order valence-electron chi connectivity index (χ3n) is 8.07. The minimum atomic E-state index is -4.31. The van der Waals surface area contributed by atoms with E-state index in [1.807, 2.05) is 0 Å². The Bertz CT molecular complexity index is 2210. The second kappa shape index (κ2) is 13.2. The van der Waals surface area contributed by atoms with Gasteiger partial charge in [-0.05, 0) is 61.5 Å². The summed E-state index contributed by atoms with van der Waals surface area (Å²) in [6.07, 6.45) is 2.76. The van der Waals surface area contributed by atoms with Gasteiger partial charge in [-0.25, -0.2) is 46.1 Å². The minimum absolute atomic E-state index is 0.0902. The summed E-state index contributed by atoms with van der Waals surface area (Å²) in [6.45, 7) is -0.410. The number of alkyl halides is 4. The molecule has 3 aromatic carbocycles. The van der Waals surface area contributed by atoms with E-state index < -0.39 is 53.6 Å². The highest BCUT2D eigenvalue weighted by atomic mass is 19.3. The van der Waals surface area contributed by atoms with Gasteiger partial charge in [0.15, 0.2) is 6.61 Å². The molecule has 3 heterocycles. The lowest BCUT2D eigenvalue weighted by molar-refractivity contribution is -0.148. The molecule has 0 saturated heterocycles. The molecule has 6 aromatic rings. The highest BCUT2D eigenvalue weighted by Gasteiger charge is 2.42. The summed E-state index contributed by atoms with van der Waals surface area (Å²) >= 11 is 0. The first-order valence-electron chi connectivity index (χ1n) is 14.7. The molecular formula is C32H26F6N8O4. The van der Waals surface area contributed by atoms with Crippen molar-refractivity contribution in [3.63, 3.8) is 0 Å². The molecule has 0 aliphatic rings. The van der Waals surface area contributed by atoms with Crippen molar-refractivity contribution in [3.8, 4) is 22.8 Å². The molecule has 1 N–H and O–H groups in total. The Labute approximate surface area is 277 Å². The van der Waals surface area contributed by atoms with Crippen molar-refractivity contribution in [2.24, 2.45) is 0 Å². The van der Waals surface area contributed by atoms with Crippen LogP contribution in [0.15, 0.2) is 108 Å². The Morgan fingerprint density at radius 1 is 0.820 bits per heavy atom.